The second-order valence-corrected chi connectivity index (χ2v) is 3.67. The van der Waals surface area contributed by atoms with E-state index in [4.69, 9.17) is 0 Å². The molecular formula is C6H8BrNOS. The summed E-state index contributed by atoms with van der Waals surface area (Å²) in [5.41, 5.74) is 0.763. The zero-order chi connectivity index (χ0) is 7.56. The number of thiazole rings is 1. The molecule has 0 bridgehead atoms. The first-order chi connectivity index (χ1) is 4.74. The smallest absolute Gasteiger partial charge is 0.106 e. The highest BCUT2D eigenvalue weighted by atomic mass is 79.9. The number of alkyl halides is 1. The molecule has 2 nitrogen and oxygen atoms in total. The fraction of sp³-hybridized carbons (Fsp3) is 0.500. The molecule has 1 aromatic heterocycles. The first-order valence-corrected chi connectivity index (χ1v) is 4.90. The maximum absolute atomic E-state index is 9.24. The van der Waals surface area contributed by atoms with Crippen LogP contribution in [0.4, 0.5) is 0 Å². The highest BCUT2D eigenvalue weighted by Crippen LogP contribution is 2.17. The van der Waals surface area contributed by atoms with Crippen molar-refractivity contribution in [3.63, 3.8) is 0 Å². The zero-order valence-electron chi connectivity index (χ0n) is 5.54. The third-order valence-electron chi connectivity index (χ3n) is 1.12. The molecular weight excluding hydrogens is 214 g/mol. The van der Waals surface area contributed by atoms with E-state index in [0.29, 0.717) is 5.33 Å². The van der Waals surface area contributed by atoms with Gasteiger partial charge in [-0.15, -0.1) is 11.3 Å². The van der Waals surface area contributed by atoms with Gasteiger partial charge in [0.15, 0.2) is 0 Å². The van der Waals surface area contributed by atoms with Gasteiger partial charge >= 0.3 is 0 Å². The molecule has 4 heteroatoms. The van der Waals surface area contributed by atoms with E-state index in [1.807, 2.05) is 12.3 Å². The highest BCUT2D eigenvalue weighted by molar-refractivity contribution is 9.09. The molecule has 0 radical (unpaired) electrons. The lowest BCUT2D eigenvalue weighted by Crippen LogP contribution is -1.97. The van der Waals surface area contributed by atoms with E-state index in [0.717, 1.165) is 10.7 Å². The molecule has 0 aliphatic carbocycles. The van der Waals surface area contributed by atoms with E-state index >= 15 is 0 Å². The Balaban J connectivity index is 2.74. The number of rotatable bonds is 2. The fourth-order valence-corrected chi connectivity index (χ4v) is 1.60. The average Bonchev–Trinajstić information content (AvgIpc) is 2.34. The van der Waals surface area contributed by atoms with Gasteiger partial charge in [0.25, 0.3) is 0 Å². The van der Waals surface area contributed by atoms with E-state index in [1.165, 1.54) is 0 Å². The van der Waals surface area contributed by atoms with Crippen molar-refractivity contribution in [2.75, 3.05) is 5.33 Å². The molecule has 0 fully saturated rings. The Morgan fingerprint density at radius 2 is 2.60 bits per heavy atom. The van der Waals surface area contributed by atoms with Crippen molar-refractivity contribution in [2.24, 2.45) is 0 Å². The lowest BCUT2D eigenvalue weighted by Gasteiger charge is -1.99. The van der Waals surface area contributed by atoms with E-state index in [2.05, 4.69) is 20.9 Å². The molecule has 0 amide bonds. The van der Waals surface area contributed by atoms with Gasteiger partial charge in [-0.25, -0.2) is 4.98 Å². The normalized spacial score (nSPS) is 13.5. The summed E-state index contributed by atoms with van der Waals surface area (Å²) in [5.74, 6) is 0. The van der Waals surface area contributed by atoms with Gasteiger partial charge in [0.2, 0.25) is 0 Å². The van der Waals surface area contributed by atoms with Crippen molar-refractivity contribution in [3.05, 3.63) is 16.1 Å². The third kappa shape index (κ3) is 1.78. The maximum atomic E-state index is 9.24. The van der Waals surface area contributed by atoms with Crippen LogP contribution in [-0.4, -0.2) is 15.4 Å². The van der Waals surface area contributed by atoms with Crippen LogP contribution in [0.2, 0.25) is 0 Å². The zero-order valence-corrected chi connectivity index (χ0v) is 7.94. The van der Waals surface area contributed by atoms with Crippen molar-refractivity contribution >= 4 is 27.3 Å². The van der Waals surface area contributed by atoms with E-state index in [9.17, 15) is 5.11 Å². The summed E-state index contributed by atoms with van der Waals surface area (Å²) >= 11 is 4.73. The quantitative estimate of drug-likeness (QED) is 0.775. The van der Waals surface area contributed by atoms with Gasteiger partial charge in [0.1, 0.15) is 6.10 Å². The van der Waals surface area contributed by atoms with Crippen molar-refractivity contribution in [1.82, 2.24) is 4.98 Å². The molecule has 0 aliphatic heterocycles. The maximum Gasteiger partial charge on any atom is 0.106 e. The minimum Gasteiger partial charge on any atom is -0.386 e. The van der Waals surface area contributed by atoms with Gasteiger partial charge in [0, 0.05) is 10.7 Å². The third-order valence-corrected chi connectivity index (χ3v) is 2.53. The van der Waals surface area contributed by atoms with Crippen LogP contribution in [0, 0.1) is 6.92 Å². The molecule has 1 N–H and O–H groups in total. The van der Waals surface area contributed by atoms with Gasteiger partial charge in [0.05, 0.1) is 10.7 Å². The predicted octanol–water partition coefficient (Wildman–Crippen LogP) is 1.88. The van der Waals surface area contributed by atoms with Crippen LogP contribution in [0.15, 0.2) is 5.38 Å². The number of aliphatic hydroxyl groups is 1. The van der Waals surface area contributed by atoms with Crippen LogP contribution in [0.25, 0.3) is 0 Å². The number of hydrogen-bond donors (Lipinski definition) is 1. The molecule has 10 heavy (non-hydrogen) atoms. The number of hydrogen-bond acceptors (Lipinski definition) is 3. The van der Waals surface area contributed by atoms with E-state index < -0.39 is 6.10 Å². The number of nitrogens with zero attached hydrogens (tertiary/aromatic N) is 1. The van der Waals surface area contributed by atoms with Crippen LogP contribution in [0.5, 0.6) is 0 Å². The van der Waals surface area contributed by atoms with Crippen LogP contribution in [-0.2, 0) is 0 Å². The number of aliphatic hydroxyl groups excluding tert-OH is 1. The summed E-state index contributed by atoms with van der Waals surface area (Å²) in [4.78, 5) is 4.12. The molecule has 0 saturated heterocycles. The first-order valence-electron chi connectivity index (χ1n) is 2.90. The minimum atomic E-state index is -0.454. The van der Waals surface area contributed by atoms with Crippen LogP contribution in [0.3, 0.4) is 0 Å². The average molecular weight is 222 g/mol. The first kappa shape index (κ1) is 8.17. The van der Waals surface area contributed by atoms with Crippen LogP contribution in [0.1, 0.15) is 16.8 Å². The van der Waals surface area contributed by atoms with E-state index in [1.54, 1.807) is 11.3 Å². The highest BCUT2D eigenvalue weighted by Gasteiger charge is 2.07. The second kappa shape index (κ2) is 3.46. The SMILES string of the molecule is Cc1nc(C(O)CBr)cs1. The van der Waals surface area contributed by atoms with Crippen molar-refractivity contribution in [3.8, 4) is 0 Å². The Morgan fingerprint density at radius 3 is 3.00 bits per heavy atom. The van der Waals surface area contributed by atoms with E-state index in [-0.39, 0.29) is 0 Å². The predicted molar refractivity (Wildman–Crippen MR) is 45.6 cm³/mol. The summed E-state index contributed by atoms with van der Waals surface area (Å²) in [6.07, 6.45) is -0.454. The minimum absolute atomic E-state index is 0.454. The van der Waals surface area contributed by atoms with Crippen molar-refractivity contribution < 1.29 is 5.11 Å². The monoisotopic (exact) mass is 221 g/mol. The number of halogens is 1. The summed E-state index contributed by atoms with van der Waals surface area (Å²) in [6, 6.07) is 0. The topological polar surface area (TPSA) is 33.1 Å². The fourth-order valence-electron chi connectivity index (χ4n) is 0.612. The summed E-state index contributed by atoms with van der Waals surface area (Å²) in [6.45, 7) is 1.93. The molecule has 1 atom stereocenters. The van der Waals surface area contributed by atoms with Crippen LogP contribution >= 0.6 is 27.3 Å². The summed E-state index contributed by atoms with van der Waals surface area (Å²) < 4.78 is 0. The number of aromatic nitrogens is 1. The Morgan fingerprint density at radius 1 is 1.90 bits per heavy atom. The molecule has 1 rings (SSSR count). The van der Waals surface area contributed by atoms with Gasteiger partial charge in [-0.05, 0) is 6.92 Å². The van der Waals surface area contributed by atoms with Crippen LogP contribution < -0.4 is 0 Å². The van der Waals surface area contributed by atoms with Gasteiger partial charge in [-0.3, -0.25) is 0 Å². The molecule has 1 aromatic rings. The molecule has 1 heterocycles. The standard InChI is InChI=1S/C6H8BrNOS/c1-4-8-5(3-10-4)6(9)2-7/h3,6,9H,2H2,1H3. The molecule has 0 aromatic carbocycles. The Labute approximate surface area is 72.0 Å². The lowest BCUT2D eigenvalue weighted by molar-refractivity contribution is 0.201. The molecule has 56 valence electrons. The molecule has 0 aliphatic rings. The molecule has 0 spiro atoms. The van der Waals surface area contributed by atoms with Gasteiger partial charge < -0.3 is 5.11 Å². The summed E-state index contributed by atoms with van der Waals surface area (Å²) in [5, 5.41) is 12.7. The largest absolute Gasteiger partial charge is 0.386 e. The van der Waals surface area contributed by atoms with Crippen molar-refractivity contribution in [2.45, 2.75) is 13.0 Å². The molecule has 0 saturated carbocycles. The Bertz CT molecular complexity index is 213. The van der Waals surface area contributed by atoms with Gasteiger partial charge in [-0.2, -0.15) is 0 Å². The summed E-state index contributed by atoms with van der Waals surface area (Å²) in [7, 11) is 0. The Kier molecular flexibility index (Phi) is 2.82. The van der Waals surface area contributed by atoms with Crippen molar-refractivity contribution in [1.29, 1.82) is 0 Å². The lowest BCUT2D eigenvalue weighted by atomic mass is 10.3. The second-order valence-electron chi connectivity index (χ2n) is 1.96. The molecule has 1 unspecified atom stereocenters. The van der Waals surface area contributed by atoms with Gasteiger partial charge in [-0.1, -0.05) is 15.9 Å². The Hall–Kier alpha value is 0.0700. The number of aryl methyl sites for hydroxylation is 1.